The monoisotopic (exact) mass is 280 g/mol. The predicted molar refractivity (Wildman–Crippen MR) is 79.6 cm³/mol. The predicted octanol–water partition coefficient (Wildman–Crippen LogP) is 2.58. The number of nitrogens with zero attached hydrogens (tertiary/aromatic N) is 4. The van der Waals surface area contributed by atoms with Crippen molar-refractivity contribution in [2.75, 3.05) is 5.75 Å². The Kier molecular flexibility index (Phi) is 3.66. The van der Waals surface area contributed by atoms with E-state index in [0.717, 1.165) is 16.3 Å². The molecular weight excluding hydrogens is 268 g/mol. The molecule has 2 heterocycles. The summed E-state index contributed by atoms with van der Waals surface area (Å²) in [6, 6.07) is 12.0. The first kappa shape index (κ1) is 12.7. The van der Waals surface area contributed by atoms with Gasteiger partial charge in [-0.1, -0.05) is 41.8 Å². The van der Waals surface area contributed by atoms with Crippen LogP contribution in [0, 0.1) is 18.8 Å². The number of benzene rings is 1. The summed E-state index contributed by atoms with van der Waals surface area (Å²) in [6.07, 6.45) is 1.52. The third-order valence-electron chi connectivity index (χ3n) is 2.65. The Morgan fingerprint density at radius 1 is 1.25 bits per heavy atom. The first-order valence-electron chi connectivity index (χ1n) is 6.17. The SMILES string of the molecule is Cc1cc(SCC#Cc2ccccc2)n2ncnc2n1. The van der Waals surface area contributed by atoms with Gasteiger partial charge in [-0.3, -0.25) is 0 Å². The second-order valence-corrected chi connectivity index (χ2v) is 5.16. The van der Waals surface area contributed by atoms with Gasteiger partial charge in [0.05, 0.1) is 5.75 Å². The van der Waals surface area contributed by atoms with Gasteiger partial charge in [-0.2, -0.15) is 14.6 Å². The van der Waals surface area contributed by atoms with E-state index < -0.39 is 0 Å². The van der Waals surface area contributed by atoms with Gasteiger partial charge in [-0.25, -0.2) is 4.98 Å². The van der Waals surface area contributed by atoms with Crippen LogP contribution in [0.3, 0.4) is 0 Å². The van der Waals surface area contributed by atoms with Crippen molar-refractivity contribution in [3.05, 3.63) is 54.0 Å². The van der Waals surface area contributed by atoms with Crippen molar-refractivity contribution in [3.8, 4) is 11.8 Å². The molecule has 0 fully saturated rings. The summed E-state index contributed by atoms with van der Waals surface area (Å²) in [6.45, 7) is 1.95. The quantitative estimate of drug-likeness (QED) is 0.411. The molecule has 0 saturated carbocycles. The Labute approximate surface area is 121 Å². The molecule has 0 saturated heterocycles. The number of hydrogen-bond donors (Lipinski definition) is 0. The van der Waals surface area contributed by atoms with Crippen LogP contribution in [-0.4, -0.2) is 25.3 Å². The van der Waals surface area contributed by atoms with Crippen LogP contribution in [0.1, 0.15) is 11.3 Å². The number of aryl methyl sites for hydroxylation is 1. The van der Waals surface area contributed by atoms with Gasteiger partial charge in [0.25, 0.3) is 5.78 Å². The average molecular weight is 280 g/mol. The number of fused-ring (bicyclic) bond motifs is 1. The van der Waals surface area contributed by atoms with Gasteiger partial charge in [0.1, 0.15) is 11.4 Å². The maximum atomic E-state index is 4.31. The van der Waals surface area contributed by atoms with Crippen molar-refractivity contribution < 1.29 is 0 Å². The zero-order valence-electron chi connectivity index (χ0n) is 10.9. The van der Waals surface area contributed by atoms with Gasteiger partial charge in [-0.05, 0) is 25.1 Å². The Morgan fingerprint density at radius 2 is 2.10 bits per heavy atom. The van der Waals surface area contributed by atoms with Crippen molar-refractivity contribution in [1.82, 2.24) is 19.6 Å². The van der Waals surface area contributed by atoms with Gasteiger partial charge in [0.2, 0.25) is 0 Å². The first-order chi connectivity index (χ1) is 9.83. The van der Waals surface area contributed by atoms with Crippen LogP contribution < -0.4 is 0 Å². The fourth-order valence-electron chi connectivity index (χ4n) is 1.77. The number of thioether (sulfide) groups is 1. The van der Waals surface area contributed by atoms with Crippen LogP contribution in [0.4, 0.5) is 0 Å². The summed E-state index contributed by atoms with van der Waals surface area (Å²) in [5.74, 6) is 7.63. The third kappa shape index (κ3) is 2.81. The molecule has 98 valence electrons. The molecule has 2 aromatic heterocycles. The van der Waals surface area contributed by atoms with E-state index in [1.54, 1.807) is 16.3 Å². The molecule has 0 aliphatic heterocycles. The molecule has 5 heteroatoms. The Bertz CT molecular complexity index is 784. The number of hydrogen-bond acceptors (Lipinski definition) is 4. The van der Waals surface area contributed by atoms with E-state index in [9.17, 15) is 0 Å². The standard InChI is InChI=1S/C15H12N4S/c1-12-10-14(19-15(18-12)16-11-17-19)20-9-5-8-13-6-3-2-4-7-13/h2-4,6-7,10-11H,9H2,1H3. The second kappa shape index (κ2) is 5.76. The minimum absolute atomic E-state index is 0.628. The van der Waals surface area contributed by atoms with Gasteiger partial charge in [-0.15, -0.1) is 0 Å². The minimum atomic E-state index is 0.628. The fraction of sp³-hybridized carbons (Fsp3) is 0.133. The second-order valence-electron chi connectivity index (χ2n) is 4.16. The minimum Gasteiger partial charge on any atom is -0.216 e. The smallest absolute Gasteiger partial charge is 0.216 e. The summed E-state index contributed by atoms with van der Waals surface area (Å²) < 4.78 is 1.74. The van der Waals surface area contributed by atoms with E-state index in [1.165, 1.54) is 6.33 Å². The zero-order valence-corrected chi connectivity index (χ0v) is 11.8. The maximum absolute atomic E-state index is 4.31. The highest BCUT2D eigenvalue weighted by Crippen LogP contribution is 2.18. The van der Waals surface area contributed by atoms with Crippen LogP contribution in [0.25, 0.3) is 5.78 Å². The largest absolute Gasteiger partial charge is 0.253 e. The van der Waals surface area contributed by atoms with E-state index in [1.807, 2.05) is 43.3 Å². The zero-order chi connectivity index (χ0) is 13.8. The Balaban J connectivity index is 1.75. The molecule has 3 rings (SSSR count). The lowest BCUT2D eigenvalue weighted by Crippen LogP contribution is -1.97. The van der Waals surface area contributed by atoms with Crippen LogP contribution in [0.2, 0.25) is 0 Å². The molecule has 0 aliphatic rings. The molecule has 0 aliphatic carbocycles. The van der Waals surface area contributed by atoms with Gasteiger partial charge in [0.15, 0.2) is 0 Å². The Morgan fingerprint density at radius 3 is 2.95 bits per heavy atom. The normalized spacial score (nSPS) is 10.2. The van der Waals surface area contributed by atoms with E-state index >= 15 is 0 Å². The fourth-order valence-corrected chi connectivity index (χ4v) is 2.57. The first-order valence-corrected chi connectivity index (χ1v) is 7.15. The van der Waals surface area contributed by atoms with Crippen molar-refractivity contribution in [3.63, 3.8) is 0 Å². The summed E-state index contributed by atoms with van der Waals surface area (Å²) in [5, 5.41) is 5.18. The summed E-state index contributed by atoms with van der Waals surface area (Å²) >= 11 is 1.63. The molecule has 3 aromatic rings. The molecule has 0 spiro atoms. The molecule has 0 amide bonds. The highest BCUT2D eigenvalue weighted by Gasteiger charge is 2.04. The molecular formula is C15H12N4S. The molecule has 0 unspecified atom stereocenters. The molecule has 0 N–H and O–H groups in total. The highest BCUT2D eigenvalue weighted by molar-refractivity contribution is 7.99. The lowest BCUT2D eigenvalue weighted by molar-refractivity contribution is 0.834. The highest BCUT2D eigenvalue weighted by atomic mass is 32.2. The maximum Gasteiger partial charge on any atom is 0.253 e. The van der Waals surface area contributed by atoms with Gasteiger partial charge >= 0.3 is 0 Å². The van der Waals surface area contributed by atoms with Crippen molar-refractivity contribution in [1.29, 1.82) is 0 Å². The lowest BCUT2D eigenvalue weighted by Gasteiger charge is -2.01. The van der Waals surface area contributed by atoms with Crippen LogP contribution in [0.5, 0.6) is 0 Å². The average Bonchev–Trinajstić information content (AvgIpc) is 2.92. The molecule has 0 atom stereocenters. The lowest BCUT2D eigenvalue weighted by atomic mass is 10.2. The van der Waals surface area contributed by atoms with Gasteiger partial charge < -0.3 is 0 Å². The number of rotatable bonds is 2. The molecule has 4 nitrogen and oxygen atoms in total. The van der Waals surface area contributed by atoms with Crippen molar-refractivity contribution >= 4 is 17.5 Å². The van der Waals surface area contributed by atoms with Crippen LogP contribution >= 0.6 is 11.8 Å². The molecule has 20 heavy (non-hydrogen) atoms. The third-order valence-corrected chi connectivity index (χ3v) is 3.52. The topological polar surface area (TPSA) is 43.1 Å². The molecule has 0 radical (unpaired) electrons. The number of aromatic nitrogens is 4. The van der Waals surface area contributed by atoms with Crippen LogP contribution in [0.15, 0.2) is 47.8 Å². The van der Waals surface area contributed by atoms with E-state index in [4.69, 9.17) is 0 Å². The summed E-state index contributed by atoms with van der Waals surface area (Å²) in [4.78, 5) is 8.42. The summed E-state index contributed by atoms with van der Waals surface area (Å²) in [5.41, 5.74) is 1.97. The van der Waals surface area contributed by atoms with E-state index in [-0.39, 0.29) is 0 Å². The molecule has 1 aromatic carbocycles. The van der Waals surface area contributed by atoms with Crippen molar-refractivity contribution in [2.24, 2.45) is 0 Å². The van der Waals surface area contributed by atoms with Gasteiger partial charge in [0, 0.05) is 11.3 Å². The van der Waals surface area contributed by atoms with E-state index in [2.05, 4.69) is 26.9 Å². The van der Waals surface area contributed by atoms with Crippen LogP contribution in [-0.2, 0) is 0 Å². The van der Waals surface area contributed by atoms with E-state index in [0.29, 0.717) is 11.5 Å². The summed E-state index contributed by atoms with van der Waals surface area (Å²) in [7, 11) is 0. The molecule has 0 bridgehead atoms. The Hall–Kier alpha value is -2.32. The van der Waals surface area contributed by atoms with Crippen molar-refractivity contribution in [2.45, 2.75) is 11.9 Å².